The van der Waals surface area contributed by atoms with E-state index in [0.717, 1.165) is 30.4 Å². The number of fused-ring (bicyclic) bond motifs is 2. The summed E-state index contributed by atoms with van der Waals surface area (Å²) >= 11 is 0. The van der Waals surface area contributed by atoms with Crippen LogP contribution >= 0.6 is 0 Å². The molecule has 0 unspecified atom stereocenters. The molecule has 1 aliphatic heterocycles. The Morgan fingerprint density at radius 3 is 2.54 bits per heavy atom. The van der Waals surface area contributed by atoms with E-state index in [2.05, 4.69) is 21.2 Å². The second-order valence-electron chi connectivity index (χ2n) is 7.90. The van der Waals surface area contributed by atoms with E-state index in [-0.39, 0.29) is 0 Å². The first-order valence-electron chi connectivity index (χ1n) is 9.86. The maximum Gasteiger partial charge on any atom is 0.178 e. The smallest absolute Gasteiger partial charge is 0.178 e. The van der Waals surface area contributed by atoms with Crippen molar-refractivity contribution in [3.8, 4) is 0 Å². The van der Waals surface area contributed by atoms with Crippen LogP contribution in [0.15, 0.2) is 6.07 Å². The minimum Gasteiger partial charge on any atom is -0.300 e. The molecule has 3 aliphatic rings. The molecule has 0 spiro atoms. The molecule has 5 nitrogen and oxygen atoms in total. The molecule has 2 fully saturated rings. The van der Waals surface area contributed by atoms with Gasteiger partial charge in [0.15, 0.2) is 11.5 Å². The fourth-order valence-electron chi connectivity index (χ4n) is 5.02. The van der Waals surface area contributed by atoms with Crippen molar-refractivity contribution in [2.24, 2.45) is 0 Å². The van der Waals surface area contributed by atoms with Crippen molar-refractivity contribution in [2.75, 3.05) is 13.1 Å². The first kappa shape index (κ1) is 14.8. The van der Waals surface area contributed by atoms with Gasteiger partial charge in [0.2, 0.25) is 0 Å². The average molecular weight is 325 g/mol. The van der Waals surface area contributed by atoms with E-state index in [0.29, 0.717) is 5.92 Å². The van der Waals surface area contributed by atoms with Crippen LogP contribution in [0.5, 0.6) is 0 Å². The van der Waals surface area contributed by atoms with Crippen LogP contribution in [-0.2, 0) is 12.8 Å². The quantitative estimate of drug-likeness (QED) is 0.851. The zero-order chi connectivity index (χ0) is 15.9. The highest BCUT2D eigenvalue weighted by molar-refractivity contribution is 5.43. The Morgan fingerprint density at radius 2 is 1.71 bits per heavy atom. The molecule has 5 rings (SSSR count). The van der Waals surface area contributed by atoms with Crippen molar-refractivity contribution in [1.29, 1.82) is 0 Å². The summed E-state index contributed by atoms with van der Waals surface area (Å²) in [5, 5.41) is 13.8. The third-order valence-electron chi connectivity index (χ3n) is 6.43. The number of aromatic nitrogens is 4. The van der Waals surface area contributed by atoms with E-state index in [1.165, 1.54) is 75.7 Å². The van der Waals surface area contributed by atoms with Gasteiger partial charge in [-0.2, -0.15) is 9.61 Å². The molecule has 0 atom stereocenters. The molecular weight excluding hydrogens is 298 g/mol. The van der Waals surface area contributed by atoms with Crippen molar-refractivity contribution in [3.05, 3.63) is 23.1 Å². The Morgan fingerprint density at radius 1 is 0.875 bits per heavy atom. The Hall–Kier alpha value is -1.49. The van der Waals surface area contributed by atoms with Crippen LogP contribution in [0.25, 0.3) is 5.65 Å². The molecule has 0 radical (unpaired) electrons. The summed E-state index contributed by atoms with van der Waals surface area (Å²) in [6, 6.07) is 3.06. The van der Waals surface area contributed by atoms with Crippen LogP contribution in [0, 0.1) is 0 Å². The van der Waals surface area contributed by atoms with Crippen molar-refractivity contribution >= 4 is 5.65 Å². The van der Waals surface area contributed by atoms with Crippen LogP contribution in [0.4, 0.5) is 0 Å². The maximum absolute atomic E-state index is 4.88. The lowest BCUT2D eigenvalue weighted by Gasteiger charge is -2.38. The van der Waals surface area contributed by atoms with E-state index in [1.54, 1.807) is 0 Å². The summed E-state index contributed by atoms with van der Waals surface area (Å²) in [4.78, 5) is 2.74. The molecule has 0 bridgehead atoms. The van der Waals surface area contributed by atoms with Gasteiger partial charge in [0.05, 0.1) is 5.69 Å². The lowest BCUT2D eigenvalue weighted by Crippen LogP contribution is -2.42. The molecule has 0 N–H and O–H groups in total. The molecule has 2 aromatic rings. The molecule has 3 heterocycles. The Bertz CT molecular complexity index is 723. The van der Waals surface area contributed by atoms with E-state index in [1.807, 2.05) is 4.52 Å². The number of nitrogens with zero attached hydrogens (tertiary/aromatic N) is 5. The molecule has 0 amide bonds. The van der Waals surface area contributed by atoms with Gasteiger partial charge in [-0.15, -0.1) is 10.2 Å². The van der Waals surface area contributed by atoms with E-state index >= 15 is 0 Å². The van der Waals surface area contributed by atoms with Crippen LogP contribution in [0.2, 0.25) is 0 Å². The second-order valence-corrected chi connectivity index (χ2v) is 7.90. The van der Waals surface area contributed by atoms with Gasteiger partial charge in [-0.05, 0) is 69.7 Å². The van der Waals surface area contributed by atoms with Gasteiger partial charge >= 0.3 is 0 Å². The summed E-state index contributed by atoms with van der Waals surface area (Å²) in [5.41, 5.74) is 3.59. The fraction of sp³-hybridized carbons (Fsp3) is 0.737. The first-order chi connectivity index (χ1) is 11.9. The van der Waals surface area contributed by atoms with E-state index in [4.69, 9.17) is 5.10 Å². The summed E-state index contributed by atoms with van der Waals surface area (Å²) in [6.45, 7) is 2.43. The average Bonchev–Trinajstić information content (AvgIpc) is 3.26. The third kappa shape index (κ3) is 2.53. The molecule has 5 heteroatoms. The normalized spacial score (nSPS) is 23.8. The topological polar surface area (TPSA) is 46.3 Å². The Labute approximate surface area is 143 Å². The number of hydrogen-bond donors (Lipinski definition) is 0. The predicted molar refractivity (Wildman–Crippen MR) is 93.2 cm³/mol. The summed E-state index contributed by atoms with van der Waals surface area (Å²) in [7, 11) is 0. The van der Waals surface area contributed by atoms with Gasteiger partial charge in [0, 0.05) is 12.0 Å². The fourth-order valence-corrected chi connectivity index (χ4v) is 5.02. The Kier molecular flexibility index (Phi) is 3.77. The third-order valence-corrected chi connectivity index (χ3v) is 6.43. The number of likely N-dealkylation sites (tertiary alicyclic amines) is 1. The molecule has 1 saturated heterocycles. The first-order valence-corrected chi connectivity index (χ1v) is 9.86. The molecular formula is C19H27N5. The predicted octanol–water partition coefficient (Wildman–Crippen LogP) is 3.13. The van der Waals surface area contributed by atoms with Crippen LogP contribution in [0.3, 0.4) is 0 Å². The lowest BCUT2D eigenvalue weighted by molar-refractivity contribution is 0.120. The zero-order valence-corrected chi connectivity index (χ0v) is 14.5. The minimum atomic E-state index is 0.520. The van der Waals surface area contributed by atoms with Gasteiger partial charge < -0.3 is 4.90 Å². The molecule has 0 aromatic carbocycles. The molecule has 2 aliphatic carbocycles. The largest absolute Gasteiger partial charge is 0.300 e. The van der Waals surface area contributed by atoms with Crippen LogP contribution in [0.1, 0.15) is 74.4 Å². The molecule has 24 heavy (non-hydrogen) atoms. The van der Waals surface area contributed by atoms with Crippen LogP contribution < -0.4 is 0 Å². The molecule has 2 aromatic heterocycles. The number of hydrogen-bond acceptors (Lipinski definition) is 4. The Balaban J connectivity index is 1.33. The number of piperidine rings is 1. The highest BCUT2D eigenvalue weighted by Crippen LogP contribution is 2.32. The van der Waals surface area contributed by atoms with Gasteiger partial charge in [-0.25, -0.2) is 0 Å². The monoisotopic (exact) mass is 325 g/mol. The highest BCUT2D eigenvalue weighted by atomic mass is 15.4. The van der Waals surface area contributed by atoms with Crippen molar-refractivity contribution in [3.63, 3.8) is 0 Å². The van der Waals surface area contributed by atoms with Crippen molar-refractivity contribution in [2.45, 2.75) is 76.2 Å². The summed E-state index contributed by atoms with van der Waals surface area (Å²) in [5.74, 6) is 1.62. The van der Waals surface area contributed by atoms with Gasteiger partial charge in [-0.3, -0.25) is 0 Å². The van der Waals surface area contributed by atoms with Gasteiger partial charge in [0.1, 0.15) is 0 Å². The van der Waals surface area contributed by atoms with Crippen molar-refractivity contribution in [1.82, 2.24) is 24.7 Å². The molecule has 128 valence electrons. The van der Waals surface area contributed by atoms with Crippen molar-refractivity contribution < 1.29 is 0 Å². The number of aryl methyl sites for hydroxylation is 2. The van der Waals surface area contributed by atoms with Crippen LogP contribution in [-0.4, -0.2) is 43.8 Å². The zero-order valence-electron chi connectivity index (χ0n) is 14.5. The number of rotatable bonds is 2. The lowest BCUT2D eigenvalue weighted by atomic mass is 9.90. The second kappa shape index (κ2) is 6.10. The van der Waals surface area contributed by atoms with Gasteiger partial charge in [-0.1, -0.05) is 19.3 Å². The summed E-state index contributed by atoms with van der Waals surface area (Å²) < 4.78 is 2.05. The highest BCUT2D eigenvalue weighted by Gasteiger charge is 2.29. The van der Waals surface area contributed by atoms with E-state index in [9.17, 15) is 0 Å². The van der Waals surface area contributed by atoms with E-state index < -0.39 is 0 Å². The maximum atomic E-state index is 4.88. The summed E-state index contributed by atoms with van der Waals surface area (Å²) in [6.07, 6.45) is 13.0. The standard InChI is InChI=1S/C19H27N5/c1-2-6-16(7-3-1)23-11-9-14(10-12-23)19-21-20-18-13-15-5-4-8-17(15)22-24(18)19/h13-14,16H,1-12H2. The molecule has 1 saturated carbocycles. The van der Waals surface area contributed by atoms with Gasteiger partial charge in [0.25, 0.3) is 0 Å². The SMILES string of the molecule is c1c2c(nn3c(C4CCN(C5CCCCC5)CC4)nnc13)CCC2. The minimum absolute atomic E-state index is 0.520.